The van der Waals surface area contributed by atoms with Gasteiger partial charge in [0.2, 0.25) is 17.1 Å². The third-order valence-electron chi connectivity index (χ3n) is 5.27. The van der Waals surface area contributed by atoms with Crippen LogP contribution < -0.4 is 10.2 Å². The smallest absolute Gasteiger partial charge is 0.344 e. The zero-order valence-electron chi connectivity index (χ0n) is 17.2. The summed E-state index contributed by atoms with van der Waals surface area (Å²) in [6.45, 7) is 1.70. The number of aromatic nitrogens is 1. The molecule has 1 aliphatic rings. The quantitative estimate of drug-likeness (QED) is 0.321. The molecule has 10 heteroatoms. The van der Waals surface area contributed by atoms with E-state index < -0.39 is 50.3 Å². The number of nitro groups is 1. The maximum Gasteiger partial charge on any atom is 0.344 e. The molecule has 1 aliphatic carbocycles. The molecular formula is C22H18F2N2O6. The van der Waals surface area contributed by atoms with Crippen molar-refractivity contribution < 1.29 is 28.0 Å². The molecule has 4 rings (SSSR count). The Kier molecular flexibility index (Phi) is 5.37. The predicted octanol–water partition coefficient (Wildman–Crippen LogP) is 4.20. The van der Waals surface area contributed by atoms with Gasteiger partial charge in [-0.3, -0.25) is 14.9 Å². The number of hydrogen-bond donors (Lipinski definition) is 0. The first-order valence-corrected chi connectivity index (χ1v) is 9.87. The topological polar surface area (TPSA) is 101 Å². The highest BCUT2D eigenvalue weighted by molar-refractivity contribution is 6.04. The largest absolute Gasteiger partial charge is 0.491 e. The molecule has 0 N–H and O–H groups in total. The highest BCUT2D eigenvalue weighted by Crippen LogP contribution is 2.40. The van der Waals surface area contributed by atoms with Gasteiger partial charge in [0.25, 0.3) is 0 Å². The summed E-state index contributed by atoms with van der Waals surface area (Å²) in [6.07, 6.45) is 0.914. The van der Waals surface area contributed by atoms with Crippen LogP contribution in [0.25, 0.3) is 22.2 Å². The summed E-state index contributed by atoms with van der Waals surface area (Å²) in [5.41, 5.74) is -2.77. The first-order chi connectivity index (χ1) is 15.3. The summed E-state index contributed by atoms with van der Waals surface area (Å²) in [6, 6.07) is 8.32. The van der Waals surface area contributed by atoms with Gasteiger partial charge in [-0.15, -0.1) is 0 Å². The summed E-state index contributed by atoms with van der Waals surface area (Å²) in [5, 5.41) is 10.9. The Labute approximate surface area is 180 Å². The number of fused-ring (bicyclic) bond motifs is 1. The Bertz CT molecular complexity index is 1320. The minimum Gasteiger partial charge on any atom is -0.491 e. The van der Waals surface area contributed by atoms with Crippen LogP contribution in [0.4, 0.5) is 14.5 Å². The summed E-state index contributed by atoms with van der Waals surface area (Å²) < 4.78 is 41.1. The molecule has 0 amide bonds. The molecule has 2 aromatic carbocycles. The van der Waals surface area contributed by atoms with Crippen molar-refractivity contribution in [1.29, 1.82) is 0 Å². The van der Waals surface area contributed by atoms with Crippen LogP contribution >= 0.6 is 0 Å². The number of esters is 1. The molecule has 0 atom stereocenters. The van der Waals surface area contributed by atoms with Crippen molar-refractivity contribution in [2.24, 2.45) is 0 Å². The van der Waals surface area contributed by atoms with Gasteiger partial charge in [-0.2, -0.15) is 8.78 Å². The summed E-state index contributed by atoms with van der Waals surface area (Å²) in [5.74, 6) is -5.08. The molecule has 3 aromatic rings. The minimum absolute atomic E-state index is 0.0588. The average Bonchev–Trinajstić information content (AvgIpc) is 3.59. The van der Waals surface area contributed by atoms with Crippen LogP contribution in [0.2, 0.25) is 0 Å². The SMILES string of the molecule is CCn1c(-c2ccccc2)c(C(=O)OC2CC2)c(=O)c2c([N+](=O)[O-])c(F)c(F)c(OC)c21. The minimum atomic E-state index is -1.84. The molecule has 0 aliphatic heterocycles. The maximum absolute atomic E-state index is 14.8. The van der Waals surface area contributed by atoms with E-state index in [-0.39, 0.29) is 23.9 Å². The lowest BCUT2D eigenvalue weighted by Crippen LogP contribution is -2.26. The Hall–Kier alpha value is -3.82. The molecule has 1 fully saturated rings. The monoisotopic (exact) mass is 444 g/mol. The third kappa shape index (κ3) is 3.28. The lowest BCUT2D eigenvalue weighted by Gasteiger charge is -2.21. The fourth-order valence-electron chi connectivity index (χ4n) is 3.75. The Morgan fingerprint density at radius 2 is 1.88 bits per heavy atom. The molecule has 0 radical (unpaired) electrons. The highest BCUT2D eigenvalue weighted by atomic mass is 19.2. The Morgan fingerprint density at radius 1 is 1.22 bits per heavy atom. The molecular weight excluding hydrogens is 426 g/mol. The normalized spacial score (nSPS) is 13.2. The molecule has 8 nitrogen and oxygen atoms in total. The van der Waals surface area contributed by atoms with Crippen LogP contribution in [0.3, 0.4) is 0 Å². The first kappa shape index (κ1) is 21.4. The van der Waals surface area contributed by atoms with Crippen molar-refractivity contribution >= 4 is 22.6 Å². The second-order valence-corrected chi connectivity index (χ2v) is 7.26. The number of pyridine rings is 1. The number of aryl methyl sites for hydroxylation is 1. The first-order valence-electron chi connectivity index (χ1n) is 9.87. The molecule has 0 spiro atoms. The number of carbonyl (C=O) groups is 1. The molecule has 1 saturated carbocycles. The Morgan fingerprint density at radius 3 is 2.41 bits per heavy atom. The van der Waals surface area contributed by atoms with Crippen LogP contribution in [-0.2, 0) is 11.3 Å². The van der Waals surface area contributed by atoms with Gasteiger partial charge in [-0.05, 0) is 25.3 Å². The number of hydrogen-bond acceptors (Lipinski definition) is 6. The zero-order valence-corrected chi connectivity index (χ0v) is 17.2. The number of methoxy groups -OCH3 is 1. The van der Waals surface area contributed by atoms with Gasteiger partial charge in [0.15, 0.2) is 5.75 Å². The van der Waals surface area contributed by atoms with Crippen molar-refractivity contribution in [1.82, 2.24) is 4.57 Å². The van der Waals surface area contributed by atoms with Gasteiger partial charge in [0.1, 0.15) is 22.6 Å². The van der Waals surface area contributed by atoms with E-state index >= 15 is 0 Å². The number of halogens is 2. The predicted molar refractivity (Wildman–Crippen MR) is 111 cm³/mol. The van der Waals surface area contributed by atoms with E-state index in [1.165, 1.54) is 4.57 Å². The fourth-order valence-corrected chi connectivity index (χ4v) is 3.75. The summed E-state index contributed by atoms with van der Waals surface area (Å²) in [7, 11) is 1.06. The average molecular weight is 444 g/mol. The van der Waals surface area contributed by atoms with E-state index in [1.54, 1.807) is 37.3 Å². The standard InChI is InChI=1S/C22H18F2N2O6/c1-3-25-17(11-7-5-4-6-8-11)14(22(28)32-12-9-10-12)20(27)13-18(26(29)30)15(23)16(24)21(31-2)19(13)25/h4-8,12H,3,9-10H2,1-2H3. The van der Waals surface area contributed by atoms with Crippen molar-refractivity contribution in [3.8, 4) is 17.0 Å². The molecule has 166 valence electrons. The summed E-state index contributed by atoms with van der Waals surface area (Å²) >= 11 is 0. The number of carbonyl (C=O) groups excluding carboxylic acids is 1. The van der Waals surface area contributed by atoms with E-state index in [0.29, 0.717) is 18.4 Å². The van der Waals surface area contributed by atoms with Crippen molar-refractivity contribution in [2.75, 3.05) is 7.11 Å². The molecule has 32 heavy (non-hydrogen) atoms. The van der Waals surface area contributed by atoms with Gasteiger partial charge in [0, 0.05) is 6.54 Å². The second-order valence-electron chi connectivity index (χ2n) is 7.26. The molecule has 0 saturated heterocycles. The van der Waals surface area contributed by atoms with Crippen molar-refractivity contribution in [3.63, 3.8) is 0 Å². The van der Waals surface area contributed by atoms with Crippen molar-refractivity contribution in [2.45, 2.75) is 32.4 Å². The van der Waals surface area contributed by atoms with E-state index in [1.807, 2.05) is 0 Å². The molecule has 1 heterocycles. The van der Waals surface area contributed by atoms with Gasteiger partial charge >= 0.3 is 11.7 Å². The number of nitrogens with zero attached hydrogens (tertiary/aromatic N) is 2. The molecule has 0 bridgehead atoms. The van der Waals surface area contributed by atoms with Gasteiger partial charge < -0.3 is 14.0 Å². The van der Waals surface area contributed by atoms with Crippen LogP contribution in [-0.4, -0.2) is 28.7 Å². The Balaban J connectivity index is 2.27. The second kappa shape index (κ2) is 8.03. The van der Waals surface area contributed by atoms with E-state index in [0.717, 1.165) is 7.11 Å². The zero-order chi connectivity index (χ0) is 23.2. The van der Waals surface area contributed by atoms with Crippen LogP contribution in [0.5, 0.6) is 5.75 Å². The van der Waals surface area contributed by atoms with E-state index in [9.17, 15) is 28.5 Å². The van der Waals surface area contributed by atoms with E-state index in [2.05, 4.69) is 0 Å². The third-order valence-corrected chi connectivity index (χ3v) is 5.27. The fraction of sp³-hybridized carbons (Fsp3) is 0.273. The highest BCUT2D eigenvalue weighted by Gasteiger charge is 2.37. The molecule has 1 aromatic heterocycles. The van der Waals surface area contributed by atoms with Crippen LogP contribution in [0.15, 0.2) is 35.1 Å². The maximum atomic E-state index is 14.8. The van der Waals surface area contributed by atoms with Gasteiger partial charge in [-0.25, -0.2) is 4.79 Å². The lowest BCUT2D eigenvalue weighted by molar-refractivity contribution is -0.386. The van der Waals surface area contributed by atoms with Gasteiger partial charge in [-0.1, -0.05) is 30.3 Å². The van der Waals surface area contributed by atoms with Crippen LogP contribution in [0, 0.1) is 21.7 Å². The lowest BCUT2D eigenvalue weighted by atomic mass is 9.99. The number of ether oxygens (including phenoxy) is 2. The molecule has 0 unspecified atom stereocenters. The number of benzene rings is 2. The summed E-state index contributed by atoms with van der Waals surface area (Å²) in [4.78, 5) is 37.0. The number of rotatable bonds is 6. The van der Waals surface area contributed by atoms with E-state index in [4.69, 9.17) is 9.47 Å². The van der Waals surface area contributed by atoms with Crippen LogP contribution in [0.1, 0.15) is 30.1 Å². The van der Waals surface area contributed by atoms with Gasteiger partial charge in [0.05, 0.1) is 17.7 Å². The van der Waals surface area contributed by atoms with Crippen molar-refractivity contribution in [3.05, 3.63) is 67.9 Å². The number of nitro benzene ring substituents is 1.